The van der Waals surface area contributed by atoms with E-state index in [-0.39, 0.29) is 0 Å². The number of nitrogens with one attached hydrogen (secondary N) is 1. The SMILES string of the molecule is COc1ccc(Cl)c(NC2CCOCC2C)c1. The molecule has 0 aliphatic carbocycles. The zero-order chi connectivity index (χ0) is 12.3. The molecule has 17 heavy (non-hydrogen) atoms. The summed E-state index contributed by atoms with van der Waals surface area (Å²) in [5, 5.41) is 4.21. The number of halogens is 1. The highest BCUT2D eigenvalue weighted by Gasteiger charge is 2.22. The third-order valence-electron chi connectivity index (χ3n) is 3.16. The molecule has 2 atom stereocenters. The molecule has 1 saturated heterocycles. The molecule has 0 amide bonds. The lowest BCUT2D eigenvalue weighted by atomic mass is 9.97. The second-order valence-electron chi connectivity index (χ2n) is 4.44. The summed E-state index contributed by atoms with van der Waals surface area (Å²) >= 11 is 6.17. The van der Waals surface area contributed by atoms with Crippen molar-refractivity contribution in [3.8, 4) is 5.75 Å². The van der Waals surface area contributed by atoms with Crippen LogP contribution < -0.4 is 10.1 Å². The van der Waals surface area contributed by atoms with Crippen molar-refractivity contribution in [2.45, 2.75) is 19.4 Å². The number of ether oxygens (including phenoxy) is 2. The molecule has 0 radical (unpaired) electrons. The lowest BCUT2D eigenvalue weighted by Crippen LogP contribution is -2.36. The molecule has 1 N–H and O–H groups in total. The van der Waals surface area contributed by atoms with Crippen molar-refractivity contribution in [3.05, 3.63) is 23.2 Å². The third kappa shape index (κ3) is 3.05. The predicted octanol–water partition coefficient (Wildman–Crippen LogP) is 3.19. The lowest BCUT2D eigenvalue weighted by Gasteiger charge is -2.30. The summed E-state index contributed by atoms with van der Waals surface area (Å²) in [7, 11) is 1.66. The van der Waals surface area contributed by atoms with Crippen LogP contribution in [0, 0.1) is 5.92 Å². The first-order chi connectivity index (χ1) is 8.20. The second kappa shape index (κ2) is 5.61. The molecule has 3 nitrogen and oxygen atoms in total. The van der Waals surface area contributed by atoms with Crippen LogP contribution in [0.2, 0.25) is 5.02 Å². The van der Waals surface area contributed by atoms with Gasteiger partial charge in [-0.3, -0.25) is 0 Å². The standard InChI is InChI=1S/C13H18ClNO2/c1-9-8-17-6-5-12(9)15-13-7-10(16-2)3-4-11(13)14/h3-4,7,9,12,15H,5-6,8H2,1-2H3. The number of benzene rings is 1. The second-order valence-corrected chi connectivity index (χ2v) is 4.84. The molecule has 1 fully saturated rings. The highest BCUT2D eigenvalue weighted by atomic mass is 35.5. The summed E-state index contributed by atoms with van der Waals surface area (Å²) in [6.45, 7) is 3.80. The molecule has 1 aromatic carbocycles. The van der Waals surface area contributed by atoms with E-state index in [0.29, 0.717) is 12.0 Å². The van der Waals surface area contributed by atoms with E-state index < -0.39 is 0 Å². The molecule has 0 bridgehead atoms. The maximum absolute atomic E-state index is 6.17. The van der Waals surface area contributed by atoms with Crippen molar-refractivity contribution in [2.24, 2.45) is 5.92 Å². The molecule has 1 aliphatic heterocycles. The Hall–Kier alpha value is -0.930. The Morgan fingerprint density at radius 2 is 2.29 bits per heavy atom. The number of methoxy groups -OCH3 is 1. The largest absolute Gasteiger partial charge is 0.497 e. The molecule has 1 aromatic rings. The summed E-state index contributed by atoms with van der Waals surface area (Å²) in [6, 6.07) is 6.06. The average molecular weight is 256 g/mol. The van der Waals surface area contributed by atoms with Crippen molar-refractivity contribution < 1.29 is 9.47 Å². The Balaban J connectivity index is 2.11. The van der Waals surface area contributed by atoms with Crippen LogP contribution in [0.1, 0.15) is 13.3 Å². The minimum Gasteiger partial charge on any atom is -0.497 e. The number of anilines is 1. The fourth-order valence-electron chi connectivity index (χ4n) is 2.04. The van der Waals surface area contributed by atoms with E-state index in [1.165, 1.54) is 0 Å². The Bertz CT molecular complexity index is 384. The quantitative estimate of drug-likeness (QED) is 0.900. The van der Waals surface area contributed by atoms with Gasteiger partial charge in [0.25, 0.3) is 0 Å². The van der Waals surface area contributed by atoms with E-state index in [4.69, 9.17) is 21.1 Å². The van der Waals surface area contributed by atoms with Crippen molar-refractivity contribution in [1.82, 2.24) is 0 Å². The third-order valence-corrected chi connectivity index (χ3v) is 3.48. The summed E-state index contributed by atoms with van der Waals surface area (Å²) in [4.78, 5) is 0. The van der Waals surface area contributed by atoms with Crippen LogP contribution in [0.4, 0.5) is 5.69 Å². The van der Waals surface area contributed by atoms with Gasteiger partial charge < -0.3 is 14.8 Å². The summed E-state index contributed by atoms with van der Waals surface area (Å²) in [6.07, 6.45) is 1.01. The van der Waals surface area contributed by atoms with Crippen LogP contribution in [-0.4, -0.2) is 26.4 Å². The smallest absolute Gasteiger partial charge is 0.121 e. The summed E-state index contributed by atoms with van der Waals surface area (Å²) in [5.41, 5.74) is 0.935. The van der Waals surface area contributed by atoms with Crippen molar-refractivity contribution in [1.29, 1.82) is 0 Å². The van der Waals surface area contributed by atoms with E-state index in [1.54, 1.807) is 7.11 Å². The molecule has 1 heterocycles. The van der Waals surface area contributed by atoms with Gasteiger partial charge in [-0.15, -0.1) is 0 Å². The van der Waals surface area contributed by atoms with Gasteiger partial charge in [0.05, 0.1) is 24.4 Å². The molecular formula is C13H18ClNO2. The Morgan fingerprint density at radius 1 is 1.47 bits per heavy atom. The van der Waals surface area contributed by atoms with Gasteiger partial charge in [0.2, 0.25) is 0 Å². The minimum atomic E-state index is 0.411. The molecule has 2 rings (SSSR count). The van der Waals surface area contributed by atoms with E-state index >= 15 is 0 Å². The van der Waals surface area contributed by atoms with Crippen LogP contribution in [0.15, 0.2) is 18.2 Å². The first-order valence-corrected chi connectivity index (χ1v) is 6.26. The normalized spacial score (nSPS) is 24.4. The van der Waals surface area contributed by atoms with Gasteiger partial charge in [-0.25, -0.2) is 0 Å². The number of hydrogen-bond donors (Lipinski definition) is 1. The van der Waals surface area contributed by atoms with Crippen LogP contribution in [0.3, 0.4) is 0 Å². The number of rotatable bonds is 3. The van der Waals surface area contributed by atoms with Crippen LogP contribution in [0.25, 0.3) is 0 Å². The van der Waals surface area contributed by atoms with Gasteiger partial charge in [-0.2, -0.15) is 0 Å². The van der Waals surface area contributed by atoms with E-state index in [9.17, 15) is 0 Å². The Morgan fingerprint density at radius 3 is 3.00 bits per heavy atom. The topological polar surface area (TPSA) is 30.5 Å². The van der Waals surface area contributed by atoms with Crippen molar-refractivity contribution >= 4 is 17.3 Å². The van der Waals surface area contributed by atoms with Gasteiger partial charge >= 0.3 is 0 Å². The lowest BCUT2D eigenvalue weighted by molar-refractivity contribution is 0.0538. The molecule has 4 heteroatoms. The fraction of sp³-hybridized carbons (Fsp3) is 0.538. The first kappa shape index (κ1) is 12.5. The average Bonchev–Trinajstić information content (AvgIpc) is 2.35. The zero-order valence-electron chi connectivity index (χ0n) is 10.2. The Labute approximate surface area is 107 Å². The van der Waals surface area contributed by atoms with Crippen LogP contribution >= 0.6 is 11.6 Å². The van der Waals surface area contributed by atoms with Crippen LogP contribution in [0.5, 0.6) is 5.75 Å². The van der Waals surface area contributed by atoms with Crippen molar-refractivity contribution in [3.63, 3.8) is 0 Å². The van der Waals surface area contributed by atoms with Gasteiger partial charge in [-0.05, 0) is 24.5 Å². The molecule has 1 aliphatic rings. The molecular weight excluding hydrogens is 238 g/mol. The maximum atomic E-state index is 6.17. The molecule has 0 aromatic heterocycles. The highest BCUT2D eigenvalue weighted by molar-refractivity contribution is 6.33. The summed E-state index contributed by atoms with van der Waals surface area (Å²) in [5.74, 6) is 1.31. The molecule has 94 valence electrons. The van der Waals surface area contributed by atoms with Crippen molar-refractivity contribution in [2.75, 3.05) is 25.6 Å². The summed E-state index contributed by atoms with van der Waals surface area (Å²) < 4.78 is 10.6. The monoisotopic (exact) mass is 255 g/mol. The maximum Gasteiger partial charge on any atom is 0.121 e. The fourth-order valence-corrected chi connectivity index (χ4v) is 2.21. The first-order valence-electron chi connectivity index (χ1n) is 5.88. The molecule has 0 spiro atoms. The van der Waals surface area contributed by atoms with Gasteiger partial charge in [0.15, 0.2) is 0 Å². The van der Waals surface area contributed by atoms with E-state index in [2.05, 4.69) is 12.2 Å². The van der Waals surface area contributed by atoms with Gasteiger partial charge in [-0.1, -0.05) is 18.5 Å². The molecule has 2 unspecified atom stereocenters. The number of hydrogen-bond acceptors (Lipinski definition) is 3. The highest BCUT2D eigenvalue weighted by Crippen LogP contribution is 2.29. The van der Waals surface area contributed by atoms with E-state index in [1.807, 2.05) is 18.2 Å². The van der Waals surface area contributed by atoms with E-state index in [0.717, 1.165) is 36.1 Å². The van der Waals surface area contributed by atoms with Gasteiger partial charge in [0, 0.05) is 18.7 Å². The minimum absolute atomic E-state index is 0.411. The zero-order valence-corrected chi connectivity index (χ0v) is 11.0. The Kier molecular flexibility index (Phi) is 4.13. The molecule has 0 saturated carbocycles. The van der Waals surface area contributed by atoms with Gasteiger partial charge in [0.1, 0.15) is 5.75 Å². The predicted molar refractivity (Wildman–Crippen MR) is 70.0 cm³/mol. The van der Waals surface area contributed by atoms with Crippen LogP contribution in [-0.2, 0) is 4.74 Å².